The van der Waals surface area contributed by atoms with Gasteiger partial charge >= 0.3 is 0 Å². The molecule has 2 saturated heterocycles. The van der Waals surface area contributed by atoms with E-state index < -0.39 is 0 Å². The third-order valence-electron chi connectivity index (χ3n) is 6.66. The zero-order valence-electron chi connectivity index (χ0n) is 18.0. The highest BCUT2D eigenvalue weighted by molar-refractivity contribution is 5.44. The fourth-order valence-electron chi connectivity index (χ4n) is 4.98. The number of likely N-dealkylation sites (tertiary alicyclic amines) is 1. The lowest BCUT2D eigenvalue weighted by atomic mass is 10.0. The molecule has 0 bridgehead atoms. The molecular weight excluding hydrogens is 378 g/mol. The van der Waals surface area contributed by atoms with Crippen LogP contribution >= 0.6 is 0 Å². The highest BCUT2D eigenvalue weighted by Gasteiger charge is 2.28. The lowest BCUT2D eigenvalue weighted by Gasteiger charge is -2.43. The van der Waals surface area contributed by atoms with Crippen molar-refractivity contribution in [2.75, 3.05) is 46.1 Å². The zero-order chi connectivity index (χ0) is 20.3. The van der Waals surface area contributed by atoms with Gasteiger partial charge < -0.3 is 9.47 Å². The van der Waals surface area contributed by atoms with Crippen molar-refractivity contribution in [1.82, 2.24) is 24.5 Å². The molecule has 5 rings (SSSR count). The van der Waals surface area contributed by atoms with E-state index >= 15 is 0 Å². The minimum Gasteiger partial charge on any atom is -0.454 e. The predicted octanol–water partition coefficient (Wildman–Crippen LogP) is 2.41. The van der Waals surface area contributed by atoms with Gasteiger partial charge in [-0.3, -0.25) is 19.4 Å². The van der Waals surface area contributed by atoms with Crippen LogP contribution in [0.15, 0.2) is 30.6 Å². The average molecular weight is 412 g/mol. The molecule has 0 N–H and O–H groups in total. The summed E-state index contributed by atoms with van der Waals surface area (Å²) >= 11 is 0. The molecule has 30 heavy (non-hydrogen) atoms. The van der Waals surface area contributed by atoms with Crippen LogP contribution in [-0.2, 0) is 19.6 Å². The van der Waals surface area contributed by atoms with Crippen LogP contribution < -0.4 is 9.47 Å². The largest absolute Gasteiger partial charge is 0.454 e. The summed E-state index contributed by atoms with van der Waals surface area (Å²) in [6.45, 7) is 12.4. The Hall–Kier alpha value is -2.09. The first-order valence-electron chi connectivity index (χ1n) is 11.4. The molecule has 2 fully saturated rings. The second-order valence-corrected chi connectivity index (χ2v) is 8.74. The molecular formula is C23H33N5O2. The van der Waals surface area contributed by atoms with E-state index in [1.807, 2.05) is 16.9 Å². The van der Waals surface area contributed by atoms with Gasteiger partial charge in [0.25, 0.3) is 0 Å². The van der Waals surface area contributed by atoms with Crippen molar-refractivity contribution in [2.45, 2.75) is 45.4 Å². The summed E-state index contributed by atoms with van der Waals surface area (Å²) in [5.41, 5.74) is 2.65. The van der Waals surface area contributed by atoms with Gasteiger partial charge in [0, 0.05) is 70.2 Å². The Labute approximate surface area is 179 Å². The molecule has 2 aromatic rings. The fourth-order valence-corrected chi connectivity index (χ4v) is 4.98. The molecule has 1 atom stereocenters. The Morgan fingerprint density at radius 2 is 1.80 bits per heavy atom. The predicted molar refractivity (Wildman–Crippen MR) is 116 cm³/mol. The van der Waals surface area contributed by atoms with Crippen LogP contribution in [0.4, 0.5) is 0 Å². The summed E-state index contributed by atoms with van der Waals surface area (Å²) in [4.78, 5) is 7.90. The first kappa shape index (κ1) is 19.8. The van der Waals surface area contributed by atoms with E-state index in [9.17, 15) is 0 Å². The molecule has 0 radical (unpaired) electrons. The van der Waals surface area contributed by atoms with E-state index in [-0.39, 0.29) is 0 Å². The molecule has 4 heterocycles. The van der Waals surface area contributed by atoms with Crippen molar-refractivity contribution in [3.05, 3.63) is 41.7 Å². The highest BCUT2D eigenvalue weighted by atomic mass is 16.7. The number of aryl methyl sites for hydroxylation is 1. The van der Waals surface area contributed by atoms with Gasteiger partial charge in [0.05, 0.1) is 6.20 Å². The topological polar surface area (TPSA) is 46.0 Å². The van der Waals surface area contributed by atoms with Gasteiger partial charge in [-0.2, -0.15) is 5.10 Å². The number of piperidine rings is 1. The second-order valence-electron chi connectivity index (χ2n) is 8.74. The van der Waals surface area contributed by atoms with E-state index in [0.717, 1.165) is 57.3 Å². The Morgan fingerprint density at radius 3 is 2.63 bits per heavy atom. The highest BCUT2D eigenvalue weighted by Crippen LogP contribution is 2.33. The number of piperazine rings is 1. The Balaban J connectivity index is 1.11. The first-order chi connectivity index (χ1) is 14.8. The van der Waals surface area contributed by atoms with Crippen molar-refractivity contribution in [2.24, 2.45) is 0 Å². The van der Waals surface area contributed by atoms with Crippen LogP contribution in [0.3, 0.4) is 0 Å². The second kappa shape index (κ2) is 8.96. The monoisotopic (exact) mass is 411 g/mol. The number of fused-ring (bicyclic) bond motifs is 1. The molecule has 0 saturated carbocycles. The summed E-state index contributed by atoms with van der Waals surface area (Å²) in [5.74, 6) is 1.75. The van der Waals surface area contributed by atoms with Crippen LogP contribution in [0.1, 0.15) is 30.9 Å². The maximum atomic E-state index is 5.53. The maximum absolute atomic E-state index is 5.53. The molecule has 0 spiro atoms. The Morgan fingerprint density at radius 1 is 0.967 bits per heavy atom. The molecule has 1 unspecified atom stereocenters. The van der Waals surface area contributed by atoms with Crippen LogP contribution in [0.2, 0.25) is 0 Å². The standard InChI is InChI=1S/C23H33N5O2/c1-2-28-16-20(13-24-28)15-26-7-3-4-21(17-26)27-10-8-25(9-11-27)14-19-5-6-22-23(12-19)30-18-29-22/h5-6,12-13,16,21H,2-4,7-11,14-15,17-18H2,1H3. The van der Waals surface area contributed by atoms with Gasteiger partial charge in [-0.05, 0) is 44.0 Å². The van der Waals surface area contributed by atoms with E-state index in [1.54, 1.807) is 0 Å². The summed E-state index contributed by atoms with van der Waals surface area (Å²) in [6, 6.07) is 7.02. The number of hydrogen-bond acceptors (Lipinski definition) is 6. The van der Waals surface area contributed by atoms with E-state index in [1.165, 1.54) is 37.1 Å². The third-order valence-corrected chi connectivity index (χ3v) is 6.66. The molecule has 3 aliphatic heterocycles. The van der Waals surface area contributed by atoms with Crippen molar-refractivity contribution in [1.29, 1.82) is 0 Å². The minimum atomic E-state index is 0.344. The van der Waals surface area contributed by atoms with E-state index in [2.05, 4.69) is 45.1 Å². The minimum absolute atomic E-state index is 0.344. The quantitative estimate of drug-likeness (QED) is 0.728. The van der Waals surface area contributed by atoms with Gasteiger partial charge in [-0.1, -0.05) is 6.07 Å². The molecule has 1 aromatic carbocycles. The lowest BCUT2D eigenvalue weighted by Crippen LogP contribution is -2.54. The number of benzene rings is 1. The number of ether oxygens (including phenoxy) is 2. The summed E-state index contributed by atoms with van der Waals surface area (Å²) in [6.07, 6.45) is 6.84. The Bertz CT molecular complexity index is 846. The normalized spacial score (nSPS) is 23.2. The van der Waals surface area contributed by atoms with Gasteiger partial charge in [-0.25, -0.2) is 0 Å². The summed E-state index contributed by atoms with van der Waals surface area (Å²) in [7, 11) is 0. The molecule has 7 nitrogen and oxygen atoms in total. The SMILES string of the molecule is CCn1cc(CN2CCCC(N3CCN(Cc4ccc5c(c4)OCO5)CC3)C2)cn1. The zero-order valence-corrected chi connectivity index (χ0v) is 18.0. The molecule has 1 aromatic heterocycles. The van der Waals surface area contributed by atoms with Crippen molar-refractivity contribution < 1.29 is 9.47 Å². The Kier molecular flexibility index (Phi) is 5.93. The van der Waals surface area contributed by atoms with Gasteiger partial charge in [0.2, 0.25) is 6.79 Å². The first-order valence-corrected chi connectivity index (χ1v) is 11.4. The van der Waals surface area contributed by atoms with Crippen LogP contribution in [0, 0.1) is 0 Å². The van der Waals surface area contributed by atoms with Crippen LogP contribution in [0.25, 0.3) is 0 Å². The number of nitrogens with zero attached hydrogens (tertiary/aromatic N) is 5. The van der Waals surface area contributed by atoms with Crippen LogP contribution in [0.5, 0.6) is 11.5 Å². The number of rotatable bonds is 6. The van der Waals surface area contributed by atoms with Gasteiger partial charge in [-0.15, -0.1) is 0 Å². The smallest absolute Gasteiger partial charge is 0.231 e. The average Bonchev–Trinajstić information content (AvgIpc) is 3.43. The van der Waals surface area contributed by atoms with Gasteiger partial charge in [0.1, 0.15) is 0 Å². The van der Waals surface area contributed by atoms with E-state index in [4.69, 9.17) is 9.47 Å². The van der Waals surface area contributed by atoms with Crippen molar-refractivity contribution in [3.63, 3.8) is 0 Å². The van der Waals surface area contributed by atoms with E-state index in [0.29, 0.717) is 12.8 Å². The lowest BCUT2D eigenvalue weighted by molar-refractivity contribution is 0.0477. The van der Waals surface area contributed by atoms with Crippen molar-refractivity contribution >= 4 is 0 Å². The maximum Gasteiger partial charge on any atom is 0.231 e. The molecule has 0 amide bonds. The van der Waals surface area contributed by atoms with Crippen LogP contribution in [-0.4, -0.2) is 76.6 Å². The molecule has 3 aliphatic rings. The van der Waals surface area contributed by atoms with Crippen molar-refractivity contribution in [3.8, 4) is 11.5 Å². The third kappa shape index (κ3) is 4.48. The molecule has 7 heteroatoms. The fraction of sp³-hybridized carbons (Fsp3) is 0.609. The number of hydrogen-bond donors (Lipinski definition) is 0. The summed E-state index contributed by atoms with van der Waals surface area (Å²) < 4.78 is 13.0. The summed E-state index contributed by atoms with van der Waals surface area (Å²) in [5, 5.41) is 4.43. The van der Waals surface area contributed by atoms with Gasteiger partial charge in [0.15, 0.2) is 11.5 Å². The molecule has 162 valence electrons. The molecule has 0 aliphatic carbocycles. The number of aromatic nitrogens is 2.